The minimum atomic E-state index is -3.80. The Balaban J connectivity index is 2.42. The molecule has 0 aliphatic rings. The first-order valence-corrected chi connectivity index (χ1v) is 13.1. The molecule has 9 heteroatoms. The van der Waals surface area contributed by atoms with E-state index in [2.05, 4.69) is 5.32 Å². The van der Waals surface area contributed by atoms with E-state index >= 15 is 0 Å². The molecule has 2 aromatic carbocycles. The predicted molar refractivity (Wildman–Crippen MR) is 132 cm³/mol. The Morgan fingerprint density at radius 1 is 1.06 bits per heavy atom. The van der Waals surface area contributed by atoms with Crippen molar-refractivity contribution in [2.24, 2.45) is 0 Å². The number of aryl methyl sites for hydroxylation is 1. The zero-order chi connectivity index (χ0) is 25.6. The molecule has 2 amide bonds. The number of anilines is 1. The molecule has 1 N–H and O–H groups in total. The number of nitrogens with zero attached hydrogens (tertiary/aromatic N) is 2. The van der Waals surface area contributed by atoms with Gasteiger partial charge in [-0.1, -0.05) is 31.2 Å². The molecular formula is C25H34FN3O4S. The number of amides is 2. The second-order valence-electron chi connectivity index (χ2n) is 8.63. The van der Waals surface area contributed by atoms with Crippen molar-refractivity contribution in [3.05, 3.63) is 65.0 Å². The van der Waals surface area contributed by atoms with Gasteiger partial charge in [-0.15, -0.1) is 0 Å². The second-order valence-corrected chi connectivity index (χ2v) is 10.5. The van der Waals surface area contributed by atoms with Gasteiger partial charge < -0.3 is 10.2 Å². The molecule has 2 aromatic rings. The lowest BCUT2D eigenvalue weighted by molar-refractivity contribution is -0.139. The maximum Gasteiger partial charge on any atom is 0.244 e. The molecule has 0 aliphatic carbocycles. The van der Waals surface area contributed by atoms with Crippen LogP contribution in [0.1, 0.15) is 43.9 Å². The first-order valence-electron chi connectivity index (χ1n) is 11.2. The van der Waals surface area contributed by atoms with Gasteiger partial charge >= 0.3 is 0 Å². The number of nitrogens with one attached hydrogen (secondary N) is 1. The molecular weight excluding hydrogens is 457 g/mol. The molecule has 0 heterocycles. The maximum absolute atomic E-state index is 13.5. The summed E-state index contributed by atoms with van der Waals surface area (Å²) in [6.07, 6.45) is 1.77. The molecule has 0 aliphatic heterocycles. The SMILES string of the molecule is CC[C@@H](C)NC(=O)[C@H](C)N(Cc1ccc(F)cc1)C(=O)CN(c1cccc(C)c1C)S(C)(=O)=O. The minimum Gasteiger partial charge on any atom is -0.352 e. The molecule has 0 bridgehead atoms. The Labute approximate surface area is 202 Å². The van der Waals surface area contributed by atoms with Crippen LogP contribution in [-0.2, 0) is 26.2 Å². The molecule has 0 saturated carbocycles. The van der Waals surface area contributed by atoms with Crippen molar-refractivity contribution in [1.29, 1.82) is 0 Å². The van der Waals surface area contributed by atoms with Crippen molar-refractivity contribution in [2.75, 3.05) is 17.1 Å². The summed E-state index contributed by atoms with van der Waals surface area (Å²) in [6.45, 7) is 8.62. The van der Waals surface area contributed by atoms with Gasteiger partial charge in [-0.2, -0.15) is 0 Å². The molecule has 2 rings (SSSR count). The Morgan fingerprint density at radius 2 is 1.68 bits per heavy atom. The molecule has 0 unspecified atom stereocenters. The van der Waals surface area contributed by atoms with Crippen LogP contribution >= 0.6 is 0 Å². The van der Waals surface area contributed by atoms with Gasteiger partial charge in [0.15, 0.2) is 0 Å². The van der Waals surface area contributed by atoms with Crippen LogP contribution in [0.15, 0.2) is 42.5 Å². The summed E-state index contributed by atoms with van der Waals surface area (Å²) in [7, 11) is -3.80. The molecule has 0 fully saturated rings. The largest absolute Gasteiger partial charge is 0.352 e. The zero-order valence-electron chi connectivity index (χ0n) is 20.6. The number of halogens is 1. The van der Waals surface area contributed by atoms with E-state index < -0.39 is 34.3 Å². The standard InChI is InChI=1S/C25H34FN3O4S/c1-7-18(3)27-25(31)20(5)28(15-21-11-13-22(26)14-12-21)24(30)16-29(34(6,32)33)23-10-8-9-17(2)19(23)4/h8-14,18,20H,7,15-16H2,1-6H3,(H,27,31)/t18-,20+/m1/s1. The van der Waals surface area contributed by atoms with Crippen molar-refractivity contribution in [3.8, 4) is 0 Å². The topological polar surface area (TPSA) is 86.8 Å². The van der Waals surface area contributed by atoms with Crippen LogP contribution in [0, 0.1) is 19.7 Å². The molecule has 0 radical (unpaired) electrons. The first kappa shape index (κ1) is 27.3. The third-order valence-electron chi connectivity index (χ3n) is 5.96. The number of benzene rings is 2. The highest BCUT2D eigenvalue weighted by molar-refractivity contribution is 7.92. The average Bonchev–Trinajstić information content (AvgIpc) is 2.77. The fourth-order valence-electron chi connectivity index (χ4n) is 3.44. The Bertz CT molecular complexity index is 1120. The monoisotopic (exact) mass is 491 g/mol. The van der Waals surface area contributed by atoms with Crippen molar-refractivity contribution in [2.45, 2.75) is 59.7 Å². The van der Waals surface area contributed by atoms with E-state index in [-0.39, 0.29) is 18.5 Å². The van der Waals surface area contributed by atoms with Gasteiger partial charge in [-0.3, -0.25) is 13.9 Å². The van der Waals surface area contributed by atoms with Gasteiger partial charge in [0.25, 0.3) is 0 Å². The van der Waals surface area contributed by atoms with Crippen molar-refractivity contribution < 1.29 is 22.4 Å². The van der Waals surface area contributed by atoms with Crippen molar-refractivity contribution >= 4 is 27.5 Å². The minimum absolute atomic E-state index is 0.0264. The summed E-state index contributed by atoms with van der Waals surface area (Å²) >= 11 is 0. The number of sulfonamides is 1. The van der Waals surface area contributed by atoms with Crippen LogP contribution in [0.4, 0.5) is 10.1 Å². The highest BCUT2D eigenvalue weighted by atomic mass is 32.2. The lowest BCUT2D eigenvalue weighted by atomic mass is 10.1. The van der Waals surface area contributed by atoms with E-state index in [0.29, 0.717) is 11.3 Å². The maximum atomic E-state index is 13.5. The van der Waals surface area contributed by atoms with E-state index in [9.17, 15) is 22.4 Å². The van der Waals surface area contributed by atoms with Crippen LogP contribution in [0.3, 0.4) is 0 Å². The number of rotatable bonds is 10. The summed E-state index contributed by atoms with van der Waals surface area (Å²) in [5.41, 5.74) is 2.67. The van der Waals surface area contributed by atoms with Gasteiger partial charge in [0.05, 0.1) is 11.9 Å². The van der Waals surface area contributed by atoms with Crippen LogP contribution in [0.25, 0.3) is 0 Å². The molecule has 0 spiro atoms. The van der Waals surface area contributed by atoms with Crippen molar-refractivity contribution in [1.82, 2.24) is 10.2 Å². The molecule has 2 atom stereocenters. The van der Waals surface area contributed by atoms with Crippen molar-refractivity contribution in [3.63, 3.8) is 0 Å². The van der Waals surface area contributed by atoms with E-state index in [4.69, 9.17) is 0 Å². The van der Waals surface area contributed by atoms with Gasteiger partial charge in [-0.05, 0) is 69.0 Å². The highest BCUT2D eigenvalue weighted by Crippen LogP contribution is 2.25. The van der Waals surface area contributed by atoms with E-state index in [0.717, 1.165) is 28.1 Å². The van der Waals surface area contributed by atoms with Gasteiger partial charge in [0, 0.05) is 12.6 Å². The molecule has 0 saturated heterocycles. The van der Waals surface area contributed by atoms with E-state index in [1.807, 2.05) is 26.8 Å². The first-order chi connectivity index (χ1) is 15.8. The quantitative estimate of drug-likeness (QED) is 0.551. The predicted octanol–water partition coefficient (Wildman–Crippen LogP) is 3.54. The van der Waals surface area contributed by atoms with Crippen LogP contribution in [0.2, 0.25) is 0 Å². The lowest BCUT2D eigenvalue weighted by Gasteiger charge is -2.32. The third kappa shape index (κ3) is 7.03. The molecule has 0 aromatic heterocycles. The second kappa shape index (κ2) is 11.5. The smallest absolute Gasteiger partial charge is 0.244 e. The summed E-state index contributed by atoms with van der Waals surface area (Å²) in [6, 6.07) is 9.93. The summed E-state index contributed by atoms with van der Waals surface area (Å²) < 4.78 is 39.8. The van der Waals surface area contributed by atoms with E-state index in [1.165, 1.54) is 29.2 Å². The molecule has 7 nitrogen and oxygen atoms in total. The Kier molecular flexibility index (Phi) is 9.21. The van der Waals surface area contributed by atoms with Crippen LogP contribution in [-0.4, -0.2) is 50.0 Å². The van der Waals surface area contributed by atoms with Gasteiger partial charge in [0.2, 0.25) is 21.8 Å². The van der Waals surface area contributed by atoms with Crippen LogP contribution in [0.5, 0.6) is 0 Å². The average molecular weight is 492 g/mol. The summed E-state index contributed by atoms with van der Waals surface area (Å²) in [5.74, 6) is -1.30. The fraction of sp³-hybridized carbons (Fsp3) is 0.440. The molecule has 34 heavy (non-hydrogen) atoms. The summed E-state index contributed by atoms with van der Waals surface area (Å²) in [5, 5.41) is 2.87. The van der Waals surface area contributed by atoms with Gasteiger partial charge in [0.1, 0.15) is 18.4 Å². The van der Waals surface area contributed by atoms with E-state index in [1.54, 1.807) is 26.0 Å². The highest BCUT2D eigenvalue weighted by Gasteiger charge is 2.31. The zero-order valence-corrected chi connectivity index (χ0v) is 21.4. The molecule has 186 valence electrons. The van der Waals surface area contributed by atoms with Crippen LogP contribution < -0.4 is 9.62 Å². The Hall–Kier alpha value is -2.94. The number of carbonyl (C=O) groups is 2. The third-order valence-corrected chi connectivity index (χ3v) is 7.08. The normalized spacial score (nSPS) is 13.1. The number of carbonyl (C=O) groups excluding carboxylic acids is 2. The Morgan fingerprint density at radius 3 is 2.24 bits per heavy atom. The van der Waals surface area contributed by atoms with Gasteiger partial charge in [-0.25, -0.2) is 12.8 Å². The fourth-order valence-corrected chi connectivity index (χ4v) is 4.34. The lowest BCUT2D eigenvalue weighted by Crippen LogP contribution is -2.52. The summed E-state index contributed by atoms with van der Waals surface area (Å²) in [4.78, 5) is 27.7. The number of hydrogen-bond donors (Lipinski definition) is 1. The number of hydrogen-bond acceptors (Lipinski definition) is 4.